The maximum absolute atomic E-state index is 12.0. The number of carboxylic acid groups (broad SMARTS) is 1. The van der Waals surface area contributed by atoms with Crippen LogP contribution in [0.25, 0.3) is 0 Å². The molecule has 1 amide bonds. The van der Waals surface area contributed by atoms with Crippen LogP contribution in [0.5, 0.6) is 5.75 Å². The minimum atomic E-state index is -0.960. The average molecular weight is 535 g/mol. The Bertz CT molecular complexity index is 1080. The Kier molecular flexibility index (Phi) is 7.42. The zero-order chi connectivity index (χ0) is 21.5. The highest BCUT2D eigenvalue weighted by atomic mass is 127. The van der Waals surface area contributed by atoms with Gasteiger partial charge < -0.3 is 9.84 Å². The van der Waals surface area contributed by atoms with Crippen molar-refractivity contribution in [1.82, 2.24) is 5.43 Å². The first kappa shape index (κ1) is 21.8. The molecule has 3 aromatic rings. The fourth-order valence-corrected chi connectivity index (χ4v) is 3.27. The summed E-state index contributed by atoms with van der Waals surface area (Å²) in [6, 6.07) is 18.6. The van der Waals surface area contributed by atoms with Crippen molar-refractivity contribution >= 4 is 52.3 Å². The summed E-state index contributed by atoms with van der Waals surface area (Å²) < 4.78 is 6.69. The van der Waals surface area contributed by atoms with Crippen molar-refractivity contribution in [3.63, 3.8) is 0 Å². The predicted molar refractivity (Wildman–Crippen MR) is 123 cm³/mol. The van der Waals surface area contributed by atoms with Gasteiger partial charge in [0, 0.05) is 10.6 Å². The fourth-order valence-electron chi connectivity index (χ4n) is 2.45. The molecule has 0 atom stereocenters. The van der Waals surface area contributed by atoms with Crippen molar-refractivity contribution in [3.8, 4) is 5.75 Å². The van der Waals surface area contributed by atoms with Crippen molar-refractivity contribution in [2.45, 2.75) is 6.61 Å². The first-order valence-corrected chi connectivity index (χ1v) is 10.2. The van der Waals surface area contributed by atoms with Gasteiger partial charge in [0.05, 0.1) is 15.3 Å². The first-order chi connectivity index (χ1) is 14.4. The van der Waals surface area contributed by atoms with E-state index < -0.39 is 5.97 Å². The first-order valence-electron chi connectivity index (χ1n) is 8.76. The molecule has 0 saturated carbocycles. The van der Waals surface area contributed by atoms with Crippen molar-refractivity contribution in [1.29, 1.82) is 0 Å². The lowest BCUT2D eigenvalue weighted by Crippen LogP contribution is -2.17. The quantitative estimate of drug-likeness (QED) is 0.254. The molecule has 0 aliphatic rings. The highest BCUT2D eigenvalue weighted by Crippen LogP contribution is 2.23. The highest BCUT2D eigenvalue weighted by molar-refractivity contribution is 14.1. The minimum Gasteiger partial charge on any atom is -0.488 e. The van der Waals surface area contributed by atoms with E-state index in [2.05, 4.69) is 33.1 Å². The summed E-state index contributed by atoms with van der Waals surface area (Å²) in [5.41, 5.74) is 4.84. The van der Waals surface area contributed by atoms with Gasteiger partial charge in [0.25, 0.3) is 5.91 Å². The molecule has 152 valence electrons. The standard InChI is InChI=1S/C22H16ClIN2O4/c23-18-8-6-16(7-9-18)21(27)26-25-12-15-3-10-20(19(24)11-15)30-13-14-1-4-17(5-2-14)22(28)29/h1-12H,13H2,(H,26,27)(H,28,29)/b25-12-. The zero-order valence-electron chi connectivity index (χ0n) is 15.5. The number of nitrogens with one attached hydrogen (secondary N) is 1. The van der Waals surface area contributed by atoms with E-state index in [1.807, 2.05) is 18.2 Å². The van der Waals surface area contributed by atoms with Crippen LogP contribution in [0.1, 0.15) is 31.8 Å². The SMILES string of the molecule is O=C(O)c1ccc(COc2ccc(/C=N\NC(=O)c3ccc(Cl)cc3)cc2I)cc1. The van der Waals surface area contributed by atoms with Gasteiger partial charge >= 0.3 is 5.97 Å². The largest absolute Gasteiger partial charge is 0.488 e. The van der Waals surface area contributed by atoms with Crippen LogP contribution < -0.4 is 10.2 Å². The number of ether oxygens (including phenoxy) is 1. The van der Waals surface area contributed by atoms with Crippen LogP contribution in [-0.4, -0.2) is 23.2 Å². The zero-order valence-corrected chi connectivity index (χ0v) is 18.4. The Labute approximate surface area is 191 Å². The van der Waals surface area contributed by atoms with Crippen LogP contribution in [0.4, 0.5) is 0 Å². The van der Waals surface area contributed by atoms with E-state index in [1.165, 1.54) is 0 Å². The number of carbonyl (C=O) groups is 2. The Morgan fingerprint density at radius 3 is 2.33 bits per heavy atom. The second-order valence-corrected chi connectivity index (χ2v) is 7.79. The third-order valence-electron chi connectivity index (χ3n) is 4.04. The average Bonchev–Trinajstić information content (AvgIpc) is 2.74. The second-order valence-electron chi connectivity index (χ2n) is 6.19. The number of aromatic carboxylic acids is 1. The number of rotatable bonds is 7. The molecule has 3 rings (SSSR count). The Hall–Kier alpha value is -2.91. The van der Waals surface area contributed by atoms with E-state index in [-0.39, 0.29) is 11.5 Å². The topological polar surface area (TPSA) is 88.0 Å². The second kappa shape index (κ2) is 10.2. The molecule has 0 aliphatic heterocycles. The summed E-state index contributed by atoms with van der Waals surface area (Å²) in [6.45, 7) is 0.320. The van der Waals surface area contributed by atoms with Gasteiger partial charge in [-0.2, -0.15) is 5.10 Å². The third kappa shape index (κ3) is 6.04. The Morgan fingerprint density at radius 2 is 1.70 bits per heavy atom. The maximum atomic E-state index is 12.0. The molecule has 2 N–H and O–H groups in total. The van der Waals surface area contributed by atoms with Crippen LogP contribution in [0, 0.1) is 3.57 Å². The van der Waals surface area contributed by atoms with Gasteiger partial charge in [-0.15, -0.1) is 0 Å². The number of carboxylic acids is 1. The smallest absolute Gasteiger partial charge is 0.335 e. The number of carbonyl (C=O) groups excluding carboxylic acids is 1. The van der Waals surface area contributed by atoms with Crippen LogP contribution in [-0.2, 0) is 6.61 Å². The Balaban J connectivity index is 1.56. The van der Waals surface area contributed by atoms with Crippen molar-refractivity contribution in [2.75, 3.05) is 0 Å². The van der Waals surface area contributed by atoms with E-state index in [0.717, 1.165) is 14.7 Å². The van der Waals surface area contributed by atoms with Crippen LogP contribution >= 0.6 is 34.2 Å². The molecule has 0 spiro atoms. The number of hydrogen-bond acceptors (Lipinski definition) is 4. The lowest BCUT2D eigenvalue weighted by molar-refractivity contribution is 0.0696. The summed E-state index contributed by atoms with van der Waals surface area (Å²) >= 11 is 7.97. The predicted octanol–water partition coefficient (Wildman–Crippen LogP) is 4.99. The number of benzene rings is 3. The third-order valence-corrected chi connectivity index (χ3v) is 5.13. The van der Waals surface area contributed by atoms with E-state index in [4.69, 9.17) is 21.4 Å². The molecule has 3 aromatic carbocycles. The van der Waals surface area contributed by atoms with Crippen LogP contribution in [0.15, 0.2) is 71.8 Å². The molecule has 0 aromatic heterocycles. The molecule has 8 heteroatoms. The monoisotopic (exact) mass is 534 g/mol. The summed E-state index contributed by atoms with van der Waals surface area (Å²) in [5.74, 6) is -0.592. The van der Waals surface area contributed by atoms with Crippen LogP contribution in [0.3, 0.4) is 0 Å². The van der Waals surface area contributed by atoms with Gasteiger partial charge in [-0.3, -0.25) is 4.79 Å². The lowest BCUT2D eigenvalue weighted by atomic mass is 10.1. The molecule has 0 saturated heterocycles. The fraction of sp³-hybridized carbons (Fsp3) is 0.0455. The maximum Gasteiger partial charge on any atom is 0.335 e. The van der Waals surface area contributed by atoms with Gasteiger partial charge in [-0.1, -0.05) is 23.7 Å². The molecular formula is C22H16ClIN2O4. The van der Waals surface area contributed by atoms with Crippen LogP contribution in [0.2, 0.25) is 5.02 Å². The molecule has 0 unspecified atom stereocenters. The molecule has 0 fully saturated rings. The van der Waals surface area contributed by atoms with Gasteiger partial charge in [0.2, 0.25) is 0 Å². The molecular weight excluding hydrogens is 519 g/mol. The number of nitrogens with zero attached hydrogens (tertiary/aromatic N) is 1. The van der Waals surface area contributed by atoms with E-state index in [0.29, 0.717) is 22.9 Å². The highest BCUT2D eigenvalue weighted by Gasteiger charge is 2.06. The van der Waals surface area contributed by atoms with E-state index >= 15 is 0 Å². The van der Waals surface area contributed by atoms with Gasteiger partial charge in [0.15, 0.2) is 0 Å². The van der Waals surface area contributed by atoms with E-state index in [1.54, 1.807) is 54.7 Å². The van der Waals surface area contributed by atoms with Crippen molar-refractivity contribution in [2.24, 2.45) is 5.10 Å². The van der Waals surface area contributed by atoms with Crippen molar-refractivity contribution in [3.05, 3.63) is 97.6 Å². The molecule has 0 heterocycles. The van der Waals surface area contributed by atoms with Crippen molar-refractivity contribution < 1.29 is 19.4 Å². The molecule has 30 heavy (non-hydrogen) atoms. The van der Waals surface area contributed by atoms with Gasteiger partial charge in [-0.05, 0) is 88.3 Å². The normalized spacial score (nSPS) is 10.7. The molecule has 6 nitrogen and oxygen atoms in total. The number of hydrazone groups is 1. The summed E-state index contributed by atoms with van der Waals surface area (Å²) in [4.78, 5) is 22.9. The van der Waals surface area contributed by atoms with E-state index in [9.17, 15) is 9.59 Å². The summed E-state index contributed by atoms with van der Waals surface area (Å²) in [7, 11) is 0. The lowest BCUT2D eigenvalue weighted by Gasteiger charge is -2.09. The summed E-state index contributed by atoms with van der Waals surface area (Å²) in [5, 5.41) is 13.5. The van der Waals surface area contributed by atoms with Gasteiger partial charge in [0.1, 0.15) is 12.4 Å². The minimum absolute atomic E-state index is 0.236. The number of hydrogen-bond donors (Lipinski definition) is 2. The molecule has 0 bridgehead atoms. The summed E-state index contributed by atoms with van der Waals surface area (Å²) in [6.07, 6.45) is 1.55. The number of halogens is 2. The molecule has 0 aliphatic carbocycles. The molecule has 0 radical (unpaired) electrons. The Morgan fingerprint density at radius 1 is 1.03 bits per heavy atom. The van der Waals surface area contributed by atoms with Gasteiger partial charge in [-0.25, -0.2) is 10.2 Å². The number of amides is 1.